The Morgan fingerprint density at radius 2 is 2.10 bits per heavy atom. The Kier molecular flexibility index (Phi) is 11.5. The first-order valence-electron chi connectivity index (χ1n) is 10.1. The number of hydrogen-bond donors (Lipinski definition) is 2. The van der Waals surface area contributed by atoms with Gasteiger partial charge in [-0.25, -0.2) is 0 Å². The van der Waals surface area contributed by atoms with Gasteiger partial charge in [0.2, 0.25) is 5.91 Å². The predicted octanol–water partition coefficient (Wildman–Crippen LogP) is 1.73. The van der Waals surface area contributed by atoms with Crippen molar-refractivity contribution in [3.8, 4) is 5.75 Å². The van der Waals surface area contributed by atoms with Crippen molar-refractivity contribution in [2.75, 3.05) is 46.9 Å². The molecule has 0 spiro atoms. The minimum atomic E-state index is -0.834. The second-order valence-corrected chi connectivity index (χ2v) is 7.77. The fraction of sp³-hybridized carbons (Fsp3) is 0.571. The summed E-state index contributed by atoms with van der Waals surface area (Å²) in [5, 5.41) is 22.4. The fourth-order valence-corrected chi connectivity index (χ4v) is 2.98. The summed E-state index contributed by atoms with van der Waals surface area (Å²) < 4.78 is 6.31. The molecule has 0 aliphatic carbocycles. The van der Waals surface area contributed by atoms with Gasteiger partial charge in [-0.05, 0) is 30.9 Å². The van der Waals surface area contributed by atoms with Crippen LogP contribution in [0, 0.1) is 10.1 Å². The Morgan fingerprint density at radius 1 is 1.37 bits per heavy atom. The van der Waals surface area contributed by atoms with Crippen LogP contribution in [0.1, 0.15) is 24.8 Å². The number of carbonyl (C=O) groups is 1. The van der Waals surface area contributed by atoms with E-state index in [2.05, 4.69) is 16.7 Å². The zero-order valence-electron chi connectivity index (χ0n) is 17.9. The van der Waals surface area contributed by atoms with Gasteiger partial charge in [0.1, 0.15) is 25.0 Å². The Labute approximate surface area is 178 Å². The maximum atomic E-state index is 11.8. The molecule has 1 unspecified atom stereocenters. The summed E-state index contributed by atoms with van der Waals surface area (Å²) in [6.45, 7) is 5.55. The van der Waals surface area contributed by atoms with Gasteiger partial charge >= 0.3 is 0 Å². The van der Waals surface area contributed by atoms with E-state index in [1.54, 1.807) is 0 Å². The SMILES string of the molecule is C=CCc1ccccc1OCC(O)C[N+](C)(C)CCNC(=O)CCCCO[N+](=O)[O-]. The third kappa shape index (κ3) is 11.4. The Bertz CT molecular complexity index is 680. The molecule has 0 saturated carbocycles. The van der Waals surface area contributed by atoms with E-state index in [9.17, 15) is 20.0 Å². The quantitative estimate of drug-likeness (QED) is 0.137. The zero-order valence-corrected chi connectivity index (χ0v) is 17.9. The minimum absolute atomic E-state index is 0.00221. The van der Waals surface area contributed by atoms with Crippen molar-refractivity contribution in [1.82, 2.24) is 5.32 Å². The monoisotopic (exact) mass is 424 g/mol. The molecule has 0 aromatic heterocycles. The van der Waals surface area contributed by atoms with E-state index in [1.165, 1.54) is 0 Å². The number of benzene rings is 1. The molecule has 1 amide bonds. The highest BCUT2D eigenvalue weighted by atomic mass is 16.9. The molecule has 0 aliphatic heterocycles. The minimum Gasteiger partial charge on any atom is -0.490 e. The van der Waals surface area contributed by atoms with Crippen LogP contribution in [0.25, 0.3) is 0 Å². The lowest BCUT2D eigenvalue weighted by molar-refractivity contribution is -0.892. The summed E-state index contributed by atoms with van der Waals surface area (Å²) in [5.41, 5.74) is 1.03. The maximum absolute atomic E-state index is 11.8. The highest BCUT2D eigenvalue weighted by Crippen LogP contribution is 2.19. The fourth-order valence-electron chi connectivity index (χ4n) is 2.98. The van der Waals surface area contributed by atoms with Crippen molar-refractivity contribution in [3.63, 3.8) is 0 Å². The molecule has 0 aliphatic rings. The molecule has 0 saturated heterocycles. The van der Waals surface area contributed by atoms with Crippen molar-refractivity contribution in [2.45, 2.75) is 31.8 Å². The Balaban J connectivity index is 2.26. The van der Waals surface area contributed by atoms with Crippen LogP contribution in [0.5, 0.6) is 5.75 Å². The molecule has 1 aromatic carbocycles. The van der Waals surface area contributed by atoms with E-state index >= 15 is 0 Å². The molecular formula is C21H34N3O6+. The molecule has 0 fully saturated rings. The molecular weight excluding hydrogens is 390 g/mol. The van der Waals surface area contributed by atoms with Crippen LogP contribution in [0.2, 0.25) is 0 Å². The van der Waals surface area contributed by atoms with Crippen molar-refractivity contribution in [3.05, 3.63) is 52.6 Å². The molecule has 9 heteroatoms. The zero-order chi connectivity index (χ0) is 22.4. The number of quaternary nitrogens is 1. The third-order valence-corrected chi connectivity index (χ3v) is 4.51. The Morgan fingerprint density at radius 3 is 2.80 bits per heavy atom. The van der Waals surface area contributed by atoms with Crippen LogP contribution in [-0.2, 0) is 16.1 Å². The standard InChI is InChI=1S/C21H33N3O6/c1-4-9-18-10-5-6-11-20(18)29-17-19(25)16-24(2,3)14-13-22-21(26)12-7-8-15-30-23(27)28/h4-6,10-11,19,25H,1,7-9,12-17H2,2-3H3/p+1. The first kappa shape index (κ1) is 25.4. The topological polar surface area (TPSA) is 111 Å². The highest BCUT2D eigenvalue weighted by Gasteiger charge is 2.21. The number of allylic oxidation sites excluding steroid dienone is 1. The molecule has 1 atom stereocenters. The summed E-state index contributed by atoms with van der Waals surface area (Å²) in [7, 11) is 3.96. The number of aliphatic hydroxyl groups is 1. The molecule has 30 heavy (non-hydrogen) atoms. The molecule has 9 nitrogen and oxygen atoms in total. The van der Waals surface area contributed by atoms with Gasteiger partial charge in [0.15, 0.2) is 0 Å². The number of hydrogen-bond acceptors (Lipinski definition) is 6. The van der Waals surface area contributed by atoms with Gasteiger partial charge < -0.3 is 24.5 Å². The first-order valence-corrected chi connectivity index (χ1v) is 10.1. The number of rotatable bonds is 16. The van der Waals surface area contributed by atoms with E-state index < -0.39 is 11.2 Å². The number of para-hydroxylation sites is 1. The summed E-state index contributed by atoms with van der Waals surface area (Å²) >= 11 is 0. The highest BCUT2D eigenvalue weighted by molar-refractivity contribution is 5.75. The lowest BCUT2D eigenvalue weighted by Gasteiger charge is -2.32. The number of carbonyl (C=O) groups excluding carboxylic acids is 1. The average molecular weight is 425 g/mol. The second kappa shape index (κ2) is 13.6. The molecule has 1 rings (SSSR count). The Hall–Kier alpha value is -2.65. The van der Waals surface area contributed by atoms with Gasteiger partial charge in [0.25, 0.3) is 5.09 Å². The smallest absolute Gasteiger partial charge is 0.294 e. The largest absolute Gasteiger partial charge is 0.490 e. The van der Waals surface area contributed by atoms with Crippen molar-refractivity contribution < 1.29 is 29.0 Å². The van der Waals surface area contributed by atoms with Crippen molar-refractivity contribution >= 4 is 5.91 Å². The van der Waals surface area contributed by atoms with Gasteiger partial charge in [-0.15, -0.1) is 16.7 Å². The number of aliphatic hydroxyl groups excluding tert-OH is 1. The summed E-state index contributed by atoms with van der Waals surface area (Å²) in [6, 6.07) is 7.69. The van der Waals surface area contributed by atoms with E-state index in [0.717, 1.165) is 11.3 Å². The van der Waals surface area contributed by atoms with Crippen LogP contribution >= 0.6 is 0 Å². The molecule has 0 radical (unpaired) electrons. The lowest BCUT2D eigenvalue weighted by atomic mass is 10.1. The van der Waals surface area contributed by atoms with Crippen LogP contribution < -0.4 is 10.1 Å². The van der Waals surface area contributed by atoms with Crippen molar-refractivity contribution in [2.24, 2.45) is 0 Å². The van der Waals surface area contributed by atoms with E-state index in [1.807, 2.05) is 44.4 Å². The summed E-state index contributed by atoms with van der Waals surface area (Å²) in [6.07, 6.45) is 3.16. The van der Waals surface area contributed by atoms with Gasteiger partial charge in [0, 0.05) is 6.42 Å². The third-order valence-electron chi connectivity index (χ3n) is 4.51. The predicted molar refractivity (Wildman–Crippen MR) is 113 cm³/mol. The molecule has 168 valence electrons. The van der Waals surface area contributed by atoms with Crippen LogP contribution in [-0.4, -0.2) is 73.6 Å². The van der Waals surface area contributed by atoms with E-state index in [-0.39, 0.29) is 19.1 Å². The van der Waals surface area contributed by atoms with Crippen LogP contribution in [0.4, 0.5) is 0 Å². The second-order valence-electron chi connectivity index (χ2n) is 7.77. The molecule has 0 heterocycles. The van der Waals surface area contributed by atoms with E-state index in [4.69, 9.17) is 4.74 Å². The van der Waals surface area contributed by atoms with Crippen LogP contribution in [0.15, 0.2) is 36.9 Å². The molecule has 0 bridgehead atoms. The number of unbranched alkanes of at least 4 members (excludes halogenated alkanes) is 1. The number of likely N-dealkylation sites (N-methyl/N-ethyl adjacent to an activating group) is 1. The van der Waals surface area contributed by atoms with E-state index in [0.29, 0.717) is 49.8 Å². The molecule has 2 N–H and O–H groups in total. The number of nitrogens with one attached hydrogen (secondary N) is 1. The maximum Gasteiger partial charge on any atom is 0.294 e. The van der Waals surface area contributed by atoms with Gasteiger partial charge in [-0.3, -0.25) is 4.79 Å². The number of nitrogens with zero attached hydrogens (tertiary/aromatic N) is 2. The van der Waals surface area contributed by atoms with Gasteiger partial charge in [0.05, 0.1) is 33.8 Å². The van der Waals surface area contributed by atoms with Crippen LogP contribution in [0.3, 0.4) is 0 Å². The van der Waals surface area contributed by atoms with Crippen molar-refractivity contribution in [1.29, 1.82) is 0 Å². The summed E-state index contributed by atoms with van der Waals surface area (Å²) in [4.78, 5) is 26.1. The first-order chi connectivity index (χ1) is 14.2. The normalized spacial score (nSPS) is 12.1. The van der Waals surface area contributed by atoms with Gasteiger partial charge in [-0.1, -0.05) is 24.3 Å². The summed E-state index contributed by atoms with van der Waals surface area (Å²) in [5.74, 6) is 0.649. The van der Waals surface area contributed by atoms with Gasteiger partial charge in [-0.2, -0.15) is 0 Å². The average Bonchev–Trinajstić information content (AvgIpc) is 2.66. The molecule has 1 aromatic rings. The lowest BCUT2D eigenvalue weighted by Crippen LogP contribution is -2.50. The number of ether oxygens (including phenoxy) is 1. The number of amides is 1.